The summed E-state index contributed by atoms with van der Waals surface area (Å²) in [6.07, 6.45) is 11.2. The van der Waals surface area contributed by atoms with Crippen molar-refractivity contribution in [2.24, 2.45) is 5.92 Å². The second-order valence-electron chi connectivity index (χ2n) is 2.39. The van der Waals surface area contributed by atoms with E-state index >= 15 is 0 Å². The van der Waals surface area contributed by atoms with Crippen LogP contribution in [0.15, 0.2) is 37.0 Å². The molecule has 10 heavy (non-hydrogen) atoms. The zero-order valence-electron chi connectivity index (χ0n) is 6.88. The Hall–Kier alpha value is -0.780. The third-order valence-corrected chi connectivity index (χ3v) is 1.44. The summed E-state index contributed by atoms with van der Waals surface area (Å²) in [6.45, 7) is 7.97. The Morgan fingerprint density at radius 2 is 2.00 bits per heavy atom. The van der Waals surface area contributed by atoms with E-state index in [1.165, 1.54) is 6.42 Å². The minimum absolute atomic E-state index is 0.689. The van der Waals surface area contributed by atoms with Gasteiger partial charge in [-0.05, 0) is 5.92 Å². The molecule has 0 saturated heterocycles. The lowest BCUT2D eigenvalue weighted by atomic mass is 10.1. The van der Waals surface area contributed by atoms with Gasteiger partial charge in [0.1, 0.15) is 0 Å². The third-order valence-electron chi connectivity index (χ3n) is 1.44. The van der Waals surface area contributed by atoms with Crippen LogP contribution in [0.5, 0.6) is 0 Å². The Morgan fingerprint density at radius 3 is 2.50 bits per heavy atom. The lowest BCUT2D eigenvalue weighted by molar-refractivity contribution is 0.698. The van der Waals surface area contributed by atoms with E-state index in [0.717, 1.165) is 0 Å². The van der Waals surface area contributed by atoms with Gasteiger partial charge in [0.15, 0.2) is 0 Å². The van der Waals surface area contributed by atoms with E-state index in [9.17, 15) is 0 Å². The highest BCUT2D eigenvalue weighted by atomic mass is 13.9. The summed E-state index contributed by atoms with van der Waals surface area (Å²) in [5.74, 6) is 0.689. The van der Waals surface area contributed by atoms with Gasteiger partial charge in [0, 0.05) is 0 Å². The van der Waals surface area contributed by atoms with Crippen molar-refractivity contribution >= 4 is 0 Å². The first kappa shape index (κ1) is 9.22. The first-order valence-corrected chi connectivity index (χ1v) is 3.77. The Labute approximate surface area is 64.0 Å². The molecule has 0 fully saturated rings. The summed E-state index contributed by atoms with van der Waals surface area (Å²) in [6, 6.07) is 0. The molecule has 0 amide bonds. The zero-order chi connectivity index (χ0) is 7.82. The average Bonchev–Trinajstić information content (AvgIpc) is 1.98. The van der Waals surface area contributed by atoms with Crippen LogP contribution < -0.4 is 0 Å². The molecule has 0 nitrogen and oxygen atoms in total. The fourth-order valence-corrected chi connectivity index (χ4v) is 0.533. The molecule has 0 heterocycles. The van der Waals surface area contributed by atoms with E-state index in [-0.39, 0.29) is 0 Å². The minimum Gasteiger partial charge on any atom is -0.0991 e. The molecule has 0 radical (unpaired) electrons. The topological polar surface area (TPSA) is 0 Å². The maximum atomic E-state index is 3.58. The van der Waals surface area contributed by atoms with Gasteiger partial charge in [-0.2, -0.15) is 0 Å². The number of hydrogen-bond acceptors (Lipinski definition) is 0. The molecule has 0 aliphatic carbocycles. The van der Waals surface area contributed by atoms with Crippen LogP contribution in [0.25, 0.3) is 0 Å². The fourth-order valence-electron chi connectivity index (χ4n) is 0.533. The Bertz CT molecular complexity index is 129. The summed E-state index contributed by atoms with van der Waals surface area (Å²) in [5, 5.41) is 0. The highest BCUT2D eigenvalue weighted by Crippen LogP contribution is 2.01. The minimum atomic E-state index is 0.689. The standard InChI is InChI=1S/C10H16/c1-4-6-7-8-9-10(3)5-2/h4,6-10H,1,5H2,2-3H3. The van der Waals surface area contributed by atoms with Gasteiger partial charge in [0.05, 0.1) is 0 Å². The van der Waals surface area contributed by atoms with Crippen LogP contribution >= 0.6 is 0 Å². The second-order valence-corrected chi connectivity index (χ2v) is 2.39. The van der Waals surface area contributed by atoms with Gasteiger partial charge in [-0.1, -0.05) is 57.2 Å². The van der Waals surface area contributed by atoms with Gasteiger partial charge in [-0.3, -0.25) is 0 Å². The largest absolute Gasteiger partial charge is 0.0991 e. The summed E-state index contributed by atoms with van der Waals surface area (Å²) < 4.78 is 0. The molecule has 0 aliphatic heterocycles. The van der Waals surface area contributed by atoms with E-state index in [4.69, 9.17) is 0 Å². The fraction of sp³-hybridized carbons (Fsp3) is 0.400. The monoisotopic (exact) mass is 136 g/mol. The molecule has 0 aliphatic rings. The number of allylic oxidation sites excluding steroid dienone is 5. The highest BCUT2D eigenvalue weighted by molar-refractivity contribution is 5.09. The highest BCUT2D eigenvalue weighted by Gasteiger charge is 1.86. The molecule has 1 atom stereocenters. The van der Waals surface area contributed by atoms with Crippen molar-refractivity contribution in [1.29, 1.82) is 0 Å². The van der Waals surface area contributed by atoms with E-state index in [0.29, 0.717) is 5.92 Å². The summed E-state index contributed by atoms with van der Waals surface area (Å²) in [5.41, 5.74) is 0. The van der Waals surface area contributed by atoms with Crippen LogP contribution in [-0.2, 0) is 0 Å². The molecular formula is C10H16. The summed E-state index contributed by atoms with van der Waals surface area (Å²) in [4.78, 5) is 0. The number of hydrogen-bond donors (Lipinski definition) is 0. The van der Waals surface area contributed by atoms with E-state index in [1.807, 2.05) is 12.2 Å². The zero-order valence-corrected chi connectivity index (χ0v) is 6.88. The quantitative estimate of drug-likeness (QED) is 0.520. The van der Waals surface area contributed by atoms with Gasteiger partial charge < -0.3 is 0 Å². The second kappa shape index (κ2) is 6.34. The van der Waals surface area contributed by atoms with Gasteiger partial charge in [0.25, 0.3) is 0 Å². The molecule has 0 rings (SSSR count). The SMILES string of the molecule is C=CC=CC=CC(C)CC. The van der Waals surface area contributed by atoms with E-state index in [2.05, 4.69) is 32.6 Å². The maximum absolute atomic E-state index is 3.58. The van der Waals surface area contributed by atoms with Crippen molar-refractivity contribution in [2.45, 2.75) is 20.3 Å². The Kier molecular flexibility index (Phi) is 5.85. The van der Waals surface area contributed by atoms with Crippen molar-refractivity contribution in [2.75, 3.05) is 0 Å². The number of rotatable bonds is 4. The van der Waals surface area contributed by atoms with Gasteiger partial charge in [0.2, 0.25) is 0 Å². The van der Waals surface area contributed by atoms with Crippen molar-refractivity contribution < 1.29 is 0 Å². The molecule has 0 aromatic rings. The van der Waals surface area contributed by atoms with Gasteiger partial charge in [-0.25, -0.2) is 0 Å². The molecule has 0 aromatic carbocycles. The van der Waals surface area contributed by atoms with Crippen molar-refractivity contribution in [3.05, 3.63) is 37.0 Å². The molecule has 0 heteroatoms. The Morgan fingerprint density at radius 1 is 1.30 bits per heavy atom. The molecule has 0 bridgehead atoms. The lowest BCUT2D eigenvalue weighted by Crippen LogP contribution is -1.82. The van der Waals surface area contributed by atoms with E-state index in [1.54, 1.807) is 6.08 Å². The van der Waals surface area contributed by atoms with Gasteiger partial charge >= 0.3 is 0 Å². The smallest absolute Gasteiger partial charge is 0.0261 e. The van der Waals surface area contributed by atoms with Crippen LogP contribution in [0.1, 0.15) is 20.3 Å². The maximum Gasteiger partial charge on any atom is -0.0261 e. The van der Waals surface area contributed by atoms with Crippen LogP contribution in [0, 0.1) is 5.92 Å². The molecule has 0 spiro atoms. The molecular weight excluding hydrogens is 120 g/mol. The predicted molar refractivity (Wildman–Crippen MR) is 47.9 cm³/mol. The third kappa shape index (κ3) is 5.36. The summed E-state index contributed by atoms with van der Waals surface area (Å²) in [7, 11) is 0. The predicted octanol–water partition coefficient (Wildman–Crippen LogP) is 3.33. The molecule has 56 valence electrons. The van der Waals surface area contributed by atoms with Crippen molar-refractivity contribution in [1.82, 2.24) is 0 Å². The first-order valence-electron chi connectivity index (χ1n) is 3.77. The van der Waals surface area contributed by atoms with E-state index < -0.39 is 0 Å². The molecule has 0 saturated carbocycles. The summed E-state index contributed by atoms with van der Waals surface area (Å²) >= 11 is 0. The molecule has 1 unspecified atom stereocenters. The Balaban J connectivity index is 3.54. The van der Waals surface area contributed by atoms with Crippen LogP contribution in [0.3, 0.4) is 0 Å². The van der Waals surface area contributed by atoms with Crippen molar-refractivity contribution in [3.63, 3.8) is 0 Å². The van der Waals surface area contributed by atoms with Crippen LogP contribution in [0.2, 0.25) is 0 Å². The van der Waals surface area contributed by atoms with Crippen LogP contribution in [0.4, 0.5) is 0 Å². The lowest BCUT2D eigenvalue weighted by Gasteiger charge is -1.96. The van der Waals surface area contributed by atoms with Crippen molar-refractivity contribution in [3.8, 4) is 0 Å². The van der Waals surface area contributed by atoms with Crippen LogP contribution in [-0.4, -0.2) is 0 Å². The normalized spacial score (nSPS) is 14.6. The molecule has 0 N–H and O–H groups in total. The average molecular weight is 136 g/mol. The first-order chi connectivity index (χ1) is 4.81. The van der Waals surface area contributed by atoms with Gasteiger partial charge in [-0.15, -0.1) is 0 Å². The molecule has 0 aromatic heterocycles.